The van der Waals surface area contributed by atoms with E-state index in [-0.39, 0.29) is 6.29 Å². The highest BCUT2D eigenvalue weighted by Gasteiger charge is 2.30. The zero-order valence-corrected chi connectivity index (χ0v) is 11.2. The van der Waals surface area contributed by atoms with Crippen LogP contribution in [0.15, 0.2) is 0 Å². The molecule has 0 aromatic rings. The van der Waals surface area contributed by atoms with Crippen LogP contribution in [0.5, 0.6) is 0 Å². The van der Waals surface area contributed by atoms with Crippen molar-refractivity contribution in [2.24, 2.45) is 0 Å². The van der Waals surface area contributed by atoms with Gasteiger partial charge in [-0.2, -0.15) is 0 Å². The Balaban J connectivity index is 1.80. The average Bonchev–Trinajstić information content (AvgIpc) is 2.63. The first-order chi connectivity index (χ1) is 8.31. The molecule has 4 nitrogen and oxygen atoms in total. The van der Waals surface area contributed by atoms with Crippen LogP contribution in [0.4, 0.5) is 0 Å². The van der Waals surface area contributed by atoms with Gasteiger partial charge < -0.3 is 14.8 Å². The van der Waals surface area contributed by atoms with Crippen LogP contribution in [0.3, 0.4) is 0 Å². The molecular formula is C13H26N2O2. The van der Waals surface area contributed by atoms with Crippen LogP contribution >= 0.6 is 0 Å². The van der Waals surface area contributed by atoms with E-state index < -0.39 is 0 Å². The van der Waals surface area contributed by atoms with Gasteiger partial charge in [-0.3, -0.25) is 4.90 Å². The lowest BCUT2D eigenvalue weighted by molar-refractivity contribution is -0.147. The van der Waals surface area contributed by atoms with E-state index in [2.05, 4.69) is 10.2 Å². The smallest absolute Gasteiger partial charge is 0.170 e. The average molecular weight is 242 g/mol. The van der Waals surface area contributed by atoms with E-state index in [1.54, 1.807) is 0 Å². The summed E-state index contributed by atoms with van der Waals surface area (Å²) in [5.74, 6) is 0. The quantitative estimate of drug-likeness (QED) is 0.710. The molecule has 0 spiro atoms. The SMILES string of the molecule is CCOC(CN1CCC2CCC(C1)N2)OCC. The summed E-state index contributed by atoms with van der Waals surface area (Å²) in [5.41, 5.74) is 0. The Hall–Kier alpha value is -0.160. The molecule has 1 N–H and O–H groups in total. The fourth-order valence-electron chi connectivity index (χ4n) is 2.92. The molecule has 2 saturated heterocycles. The van der Waals surface area contributed by atoms with E-state index in [0.29, 0.717) is 6.04 Å². The number of hydrogen-bond acceptors (Lipinski definition) is 4. The van der Waals surface area contributed by atoms with Crippen LogP contribution in [0.1, 0.15) is 33.1 Å². The lowest BCUT2D eigenvalue weighted by atomic mass is 10.1. The molecule has 2 bridgehead atoms. The first-order valence-corrected chi connectivity index (χ1v) is 7.03. The van der Waals surface area contributed by atoms with Gasteiger partial charge in [0.2, 0.25) is 0 Å². The van der Waals surface area contributed by atoms with E-state index in [0.717, 1.165) is 32.3 Å². The van der Waals surface area contributed by atoms with Crippen molar-refractivity contribution >= 4 is 0 Å². The number of ether oxygens (including phenoxy) is 2. The van der Waals surface area contributed by atoms with E-state index in [1.165, 1.54) is 25.8 Å². The van der Waals surface area contributed by atoms with Crippen LogP contribution in [0, 0.1) is 0 Å². The number of hydrogen-bond donors (Lipinski definition) is 1. The van der Waals surface area contributed by atoms with Gasteiger partial charge in [0.05, 0.1) is 0 Å². The Morgan fingerprint density at radius 3 is 2.53 bits per heavy atom. The summed E-state index contributed by atoms with van der Waals surface area (Å²) in [7, 11) is 0. The Kier molecular flexibility index (Phi) is 5.22. The molecule has 0 aromatic carbocycles. The minimum atomic E-state index is -0.0540. The molecule has 2 aliphatic heterocycles. The van der Waals surface area contributed by atoms with Crippen LogP contribution in [0.2, 0.25) is 0 Å². The van der Waals surface area contributed by atoms with Gasteiger partial charge in [-0.25, -0.2) is 0 Å². The number of likely N-dealkylation sites (tertiary alicyclic amines) is 1. The summed E-state index contributed by atoms with van der Waals surface area (Å²) < 4.78 is 11.2. The fraction of sp³-hybridized carbons (Fsp3) is 1.00. The van der Waals surface area contributed by atoms with Crippen molar-refractivity contribution in [1.82, 2.24) is 10.2 Å². The summed E-state index contributed by atoms with van der Waals surface area (Å²) in [6, 6.07) is 1.44. The summed E-state index contributed by atoms with van der Waals surface area (Å²) in [4.78, 5) is 2.49. The first-order valence-electron chi connectivity index (χ1n) is 7.03. The third-order valence-corrected chi connectivity index (χ3v) is 3.72. The molecule has 0 saturated carbocycles. The topological polar surface area (TPSA) is 33.7 Å². The molecule has 100 valence electrons. The minimum absolute atomic E-state index is 0.0540. The molecule has 0 aromatic heterocycles. The maximum absolute atomic E-state index is 5.62. The molecule has 2 heterocycles. The fourth-order valence-corrected chi connectivity index (χ4v) is 2.92. The molecule has 0 aliphatic carbocycles. The summed E-state index contributed by atoms with van der Waals surface area (Å²) >= 11 is 0. The normalized spacial score (nSPS) is 29.8. The van der Waals surface area contributed by atoms with E-state index >= 15 is 0 Å². The molecule has 0 radical (unpaired) electrons. The Labute approximate surface area is 105 Å². The molecule has 2 unspecified atom stereocenters. The largest absolute Gasteiger partial charge is 0.352 e. The Bertz CT molecular complexity index is 219. The van der Waals surface area contributed by atoms with Gasteiger partial charge in [-0.1, -0.05) is 0 Å². The number of nitrogens with zero attached hydrogens (tertiary/aromatic N) is 1. The second-order valence-corrected chi connectivity index (χ2v) is 5.03. The Morgan fingerprint density at radius 2 is 1.82 bits per heavy atom. The highest BCUT2D eigenvalue weighted by molar-refractivity contribution is 4.89. The van der Waals surface area contributed by atoms with Crippen LogP contribution in [0.25, 0.3) is 0 Å². The molecule has 0 amide bonds. The van der Waals surface area contributed by atoms with Gasteiger partial charge in [0.1, 0.15) is 0 Å². The maximum atomic E-state index is 5.62. The minimum Gasteiger partial charge on any atom is -0.352 e. The monoisotopic (exact) mass is 242 g/mol. The lowest BCUT2D eigenvalue weighted by Gasteiger charge is -2.28. The second kappa shape index (κ2) is 6.69. The van der Waals surface area contributed by atoms with E-state index in [4.69, 9.17) is 9.47 Å². The molecule has 2 aliphatic rings. The molecule has 4 heteroatoms. The van der Waals surface area contributed by atoms with Crippen LogP contribution in [-0.4, -0.2) is 56.1 Å². The van der Waals surface area contributed by atoms with Gasteiger partial charge in [0.15, 0.2) is 6.29 Å². The van der Waals surface area contributed by atoms with Gasteiger partial charge in [-0.15, -0.1) is 0 Å². The zero-order chi connectivity index (χ0) is 12.1. The van der Waals surface area contributed by atoms with Crippen LogP contribution in [-0.2, 0) is 9.47 Å². The predicted octanol–water partition coefficient (Wildman–Crippen LogP) is 1.21. The second-order valence-electron chi connectivity index (χ2n) is 5.03. The molecule has 17 heavy (non-hydrogen) atoms. The molecular weight excluding hydrogens is 216 g/mol. The molecule has 2 rings (SSSR count). The highest BCUT2D eigenvalue weighted by atomic mass is 16.7. The van der Waals surface area contributed by atoms with Crippen molar-refractivity contribution in [3.63, 3.8) is 0 Å². The standard InChI is InChI=1S/C13H26N2O2/c1-3-16-13(17-4-2)10-15-8-7-11-5-6-12(9-15)14-11/h11-14H,3-10H2,1-2H3. The summed E-state index contributed by atoms with van der Waals surface area (Å²) in [5, 5.41) is 3.70. The number of nitrogens with one attached hydrogen (secondary N) is 1. The van der Waals surface area contributed by atoms with Crippen molar-refractivity contribution in [2.45, 2.75) is 51.5 Å². The van der Waals surface area contributed by atoms with Crippen molar-refractivity contribution < 1.29 is 9.47 Å². The summed E-state index contributed by atoms with van der Waals surface area (Å²) in [6.45, 7) is 8.73. The van der Waals surface area contributed by atoms with E-state index in [9.17, 15) is 0 Å². The molecule has 2 fully saturated rings. The highest BCUT2D eigenvalue weighted by Crippen LogP contribution is 2.20. The third-order valence-electron chi connectivity index (χ3n) is 3.72. The van der Waals surface area contributed by atoms with Gasteiger partial charge in [0.25, 0.3) is 0 Å². The lowest BCUT2D eigenvalue weighted by Crippen LogP contribution is -2.41. The van der Waals surface area contributed by atoms with Crippen molar-refractivity contribution in [2.75, 3.05) is 32.8 Å². The molecule has 2 atom stereocenters. The van der Waals surface area contributed by atoms with Gasteiger partial charge in [-0.05, 0) is 39.7 Å². The van der Waals surface area contributed by atoms with Crippen molar-refractivity contribution in [3.05, 3.63) is 0 Å². The van der Waals surface area contributed by atoms with E-state index in [1.807, 2.05) is 13.8 Å². The number of fused-ring (bicyclic) bond motifs is 2. The van der Waals surface area contributed by atoms with Crippen molar-refractivity contribution in [1.29, 1.82) is 0 Å². The number of rotatable bonds is 6. The van der Waals surface area contributed by atoms with Gasteiger partial charge in [0, 0.05) is 38.4 Å². The third kappa shape index (κ3) is 3.91. The predicted molar refractivity (Wildman–Crippen MR) is 68.0 cm³/mol. The summed E-state index contributed by atoms with van der Waals surface area (Å²) in [6.07, 6.45) is 3.90. The van der Waals surface area contributed by atoms with Gasteiger partial charge >= 0.3 is 0 Å². The Morgan fingerprint density at radius 1 is 1.12 bits per heavy atom. The zero-order valence-electron chi connectivity index (χ0n) is 11.2. The first kappa shape index (κ1) is 13.3. The van der Waals surface area contributed by atoms with Crippen molar-refractivity contribution in [3.8, 4) is 0 Å². The maximum Gasteiger partial charge on any atom is 0.170 e. The van der Waals surface area contributed by atoms with Crippen LogP contribution < -0.4 is 5.32 Å².